The van der Waals surface area contributed by atoms with Crippen LogP contribution in [0, 0.1) is 11.8 Å². The predicted molar refractivity (Wildman–Crippen MR) is 107 cm³/mol. The van der Waals surface area contributed by atoms with Crippen molar-refractivity contribution in [1.29, 1.82) is 0 Å². The van der Waals surface area contributed by atoms with Gasteiger partial charge in [-0.2, -0.15) is 0 Å². The summed E-state index contributed by atoms with van der Waals surface area (Å²) in [7, 11) is 4.74. The molecule has 0 amide bonds. The topological polar surface area (TPSA) is 72.5 Å². The Morgan fingerprint density at radius 1 is 0.867 bits per heavy atom. The van der Waals surface area contributed by atoms with Gasteiger partial charge < -0.3 is 28.4 Å². The fraction of sp³-hybridized carbons (Fsp3) is 0.435. The zero-order chi connectivity index (χ0) is 21.0. The summed E-state index contributed by atoms with van der Waals surface area (Å²) in [6, 6.07) is 7.88. The third-order valence-corrected chi connectivity index (χ3v) is 6.60. The first-order valence-electron chi connectivity index (χ1n) is 9.97. The zero-order valence-corrected chi connectivity index (χ0v) is 17.4. The third-order valence-electron chi connectivity index (χ3n) is 6.60. The van der Waals surface area contributed by atoms with Crippen molar-refractivity contribution in [2.75, 3.05) is 34.7 Å². The van der Waals surface area contributed by atoms with Crippen LogP contribution in [-0.2, 0) is 9.53 Å². The second-order valence-corrected chi connectivity index (χ2v) is 7.88. The Morgan fingerprint density at radius 3 is 2.10 bits per heavy atom. The van der Waals surface area contributed by atoms with Gasteiger partial charge in [0.1, 0.15) is 0 Å². The fourth-order valence-corrected chi connectivity index (χ4v) is 5.12. The monoisotopic (exact) mass is 412 g/mol. The van der Waals surface area contributed by atoms with Gasteiger partial charge in [0.15, 0.2) is 23.0 Å². The van der Waals surface area contributed by atoms with Crippen molar-refractivity contribution < 1.29 is 33.2 Å². The van der Waals surface area contributed by atoms with Crippen LogP contribution in [0.2, 0.25) is 0 Å². The number of hydrogen-bond acceptors (Lipinski definition) is 7. The van der Waals surface area contributed by atoms with E-state index in [0.717, 1.165) is 22.4 Å². The number of fused-ring (bicyclic) bond motifs is 3. The highest BCUT2D eigenvalue weighted by molar-refractivity contribution is 5.79. The molecule has 3 aliphatic rings. The molecule has 0 saturated carbocycles. The van der Waals surface area contributed by atoms with Crippen LogP contribution < -0.4 is 23.7 Å². The van der Waals surface area contributed by atoms with Gasteiger partial charge in [-0.25, -0.2) is 0 Å². The van der Waals surface area contributed by atoms with Gasteiger partial charge in [0.2, 0.25) is 12.5 Å². The highest BCUT2D eigenvalue weighted by atomic mass is 16.7. The van der Waals surface area contributed by atoms with Crippen LogP contribution in [0.3, 0.4) is 0 Å². The summed E-state index contributed by atoms with van der Waals surface area (Å²) in [5.41, 5.74) is 3.10. The van der Waals surface area contributed by atoms with Gasteiger partial charge >= 0.3 is 5.97 Å². The molecule has 4 unspecified atom stereocenters. The van der Waals surface area contributed by atoms with Crippen LogP contribution >= 0.6 is 0 Å². The lowest BCUT2D eigenvalue weighted by Gasteiger charge is -2.37. The van der Waals surface area contributed by atoms with E-state index in [1.54, 1.807) is 21.3 Å². The van der Waals surface area contributed by atoms with E-state index in [4.69, 9.17) is 28.4 Å². The van der Waals surface area contributed by atoms with Crippen molar-refractivity contribution in [2.24, 2.45) is 11.8 Å². The molecule has 7 nitrogen and oxygen atoms in total. The molecule has 4 atom stereocenters. The summed E-state index contributed by atoms with van der Waals surface area (Å²) in [6.07, 6.45) is 0. The van der Waals surface area contributed by atoms with Crippen molar-refractivity contribution in [1.82, 2.24) is 0 Å². The van der Waals surface area contributed by atoms with Gasteiger partial charge in [-0.05, 0) is 46.9 Å². The third kappa shape index (κ3) is 2.61. The largest absolute Gasteiger partial charge is 0.493 e. The second-order valence-electron chi connectivity index (χ2n) is 7.88. The van der Waals surface area contributed by atoms with E-state index in [1.165, 1.54) is 0 Å². The minimum absolute atomic E-state index is 0.0782. The molecule has 2 heterocycles. The van der Waals surface area contributed by atoms with Gasteiger partial charge in [0.25, 0.3) is 0 Å². The van der Waals surface area contributed by atoms with Gasteiger partial charge in [0.05, 0.1) is 33.9 Å². The van der Waals surface area contributed by atoms with Gasteiger partial charge in [-0.15, -0.1) is 0 Å². The first kappa shape index (κ1) is 18.9. The van der Waals surface area contributed by atoms with Crippen molar-refractivity contribution in [3.63, 3.8) is 0 Å². The van der Waals surface area contributed by atoms with E-state index in [-0.39, 0.29) is 36.4 Å². The molecule has 0 N–H and O–H groups in total. The van der Waals surface area contributed by atoms with E-state index in [0.29, 0.717) is 29.6 Å². The molecular weight excluding hydrogens is 388 g/mol. The van der Waals surface area contributed by atoms with E-state index >= 15 is 0 Å². The van der Waals surface area contributed by atoms with Crippen LogP contribution in [-0.4, -0.2) is 40.7 Å². The molecule has 0 radical (unpaired) electrons. The maximum absolute atomic E-state index is 12.8. The molecule has 5 rings (SSSR count). The van der Waals surface area contributed by atoms with Crippen LogP contribution in [0.25, 0.3) is 0 Å². The standard InChI is InChI=1S/C23H24O7/c1-11-13-7-16-17(30-10-29-16)8-14(13)20(21-15(11)9-28-23(21)24)12-5-18(25-2)22(27-4)19(6-12)26-3/h5-8,11,15,20-21H,9-10H2,1-4H3. The number of rotatable bonds is 4. The van der Waals surface area contributed by atoms with Crippen LogP contribution in [0.4, 0.5) is 0 Å². The van der Waals surface area contributed by atoms with E-state index in [2.05, 4.69) is 6.92 Å². The maximum atomic E-state index is 12.8. The Morgan fingerprint density at radius 2 is 1.50 bits per heavy atom. The summed E-state index contributed by atoms with van der Waals surface area (Å²) >= 11 is 0. The highest BCUT2D eigenvalue weighted by Crippen LogP contribution is 2.56. The minimum Gasteiger partial charge on any atom is -0.493 e. The van der Waals surface area contributed by atoms with Gasteiger partial charge in [0, 0.05) is 11.8 Å². The van der Waals surface area contributed by atoms with Crippen LogP contribution in [0.1, 0.15) is 35.4 Å². The van der Waals surface area contributed by atoms with Crippen LogP contribution in [0.15, 0.2) is 24.3 Å². The van der Waals surface area contributed by atoms with Gasteiger partial charge in [-0.1, -0.05) is 6.92 Å². The molecule has 0 bridgehead atoms. The number of cyclic esters (lactones) is 1. The van der Waals surface area contributed by atoms with Crippen molar-refractivity contribution in [3.8, 4) is 28.7 Å². The molecule has 7 heteroatoms. The minimum atomic E-state index is -0.296. The normalized spacial score (nSPS) is 25.9. The number of ether oxygens (including phenoxy) is 6. The highest BCUT2D eigenvalue weighted by Gasteiger charge is 2.51. The molecule has 1 fully saturated rings. The van der Waals surface area contributed by atoms with Crippen molar-refractivity contribution in [3.05, 3.63) is 41.0 Å². The zero-order valence-electron chi connectivity index (χ0n) is 17.4. The number of carbonyl (C=O) groups excluding carboxylic acids is 1. The Kier molecular flexibility index (Phi) is 4.41. The first-order chi connectivity index (χ1) is 14.6. The Balaban J connectivity index is 1.74. The van der Waals surface area contributed by atoms with E-state index in [1.807, 2.05) is 24.3 Å². The maximum Gasteiger partial charge on any atom is 0.310 e. The van der Waals surface area contributed by atoms with Crippen LogP contribution in [0.5, 0.6) is 28.7 Å². The predicted octanol–water partition coefficient (Wildman–Crippen LogP) is 3.48. The van der Waals surface area contributed by atoms with Gasteiger partial charge in [-0.3, -0.25) is 4.79 Å². The molecular formula is C23H24O7. The molecule has 0 spiro atoms. The molecule has 2 aliphatic heterocycles. The number of hydrogen-bond donors (Lipinski definition) is 0. The second kappa shape index (κ2) is 7.00. The smallest absolute Gasteiger partial charge is 0.310 e. The average Bonchev–Trinajstić information content (AvgIpc) is 3.38. The lowest BCUT2D eigenvalue weighted by atomic mass is 9.63. The Labute approximate surface area is 174 Å². The average molecular weight is 412 g/mol. The molecule has 1 aliphatic carbocycles. The fourth-order valence-electron chi connectivity index (χ4n) is 5.12. The number of carbonyl (C=O) groups is 1. The summed E-state index contributed by atoms with van der Waals surface area (Å²) in [6.45, 7) is 2.77. The molecule has 1 saturated heterocycles. The van der Waals surface area contributed by atoms with Crippen molar-refractivity contribution >= 4 is 5.97 Å². The first-order valence-corrected chi connectivity index (χ1v) is 9.97. The lowest BCUT2D eigenvalue weighted by molar-refractivity contribution is -0.141. The molecule has 2 aromatic carbocycles. The molecule has 158 valence electrons. The Hall–Kier alpha value is -3.09. The summed E-state index contributed by atoms with van der Waals surface area (Å²) in [4.78, 5) is 12.8. The molecule has 30 heavy (non-hydrogen) atoms. The summed E-state index contributed by atoms with van der Waals surface area (Å²) < 4.78 is 33.4. The SMILES string of the molecule is COc1cc(C2c3cc4c(cc3C(C)C3COC(=O)C23)OCO4)cc(OC)c1OC. The van der Waals surface area contributed by atoms with E-state index < -0.39 is 0 Å². The molecule has 0 aromatic heterocycles. The van der Waals surface area contributed by atoms with E-state index in [9.17, 15) is 4.79 Å². The lowest BCUT2D eigenvalue weighted by Crippen LogP contribution is -2.33. The summed E-state index contributed by atoms with van der Waals surface area (Å²) in [5.74, 6) is 2.61. The summed E-state index contributed by atoms with van der Waals surface area (Å²) in [5, 5.41) is 0. The number of methoxy groups -OCH3 is 3. The van der Waals surface area contributed by atoms with Crippen molar-refractivity contribution in [2.45, 2.75) is 18.8 Å². The Bertz CT molecular complexity index is 990. The quantitative estimate of drug-likeness (QED) is 0.712. The molecule has 2 aromatic rings. The number of benzene rings is 2. The number of esters is 1.